The van der Waals surface area contributed by atoms with Gasteiger partial charge in [0.25, 0.3) is 0 Å². The van der Waals surface area contributed by atoms with Gasteiger partial charge in [0, 0.05) is 17.0 Å². The topological polar surface area (TPSA) is 67.4 Å². The van der Waals surface area contributed by atoms with Crippen LogP contribution >= 0.6 is 11.8 Å². The maximum atomic E-state index is 12.4. The predicted molar refractivity (Wildman–Crippen MR) is 107 cm³/mol. The molecule has 0 saturated carbocycles. The van der Waals surface area contributed by atoms with Gasteiger partial charge in [-0.1, -0.05) is 19.1 Å². The van der Waals surface area contributed by atoms with E-state index < -0.39 is 0 Å². The minimum absolute atomic E-state index is 0.0115. The summed E-state index contributed by atoms with van der Waals surface area (Å²) in [4.78, 5) is 25.0. The summed E-state index contributed by atoms with van der Waals surface area (Å²) in [5.41, 5.74) is 1.42. The lowest BCUT2D eigenvalue weighted by Crippen LogP contribution is -2.22. The highest BCUT2D eigenvalue weighted by Gasteiger charge is 2.16. The van der Waals surface area contributed by atoms with Gasteiger partial charge in [-0.15, -0.1) is 11.8 Å². The minimum Gasteiger partial charge on any atom is -0.495 e. The second-order valence-electron chi connectivity index (χ2n) is 5.77. The van der Waals surface area contributed by atoms with Crippen molar-refractivity contribution in [1.82, 2.24) is 0 Å². The molecule has 0 bridgehead atoms. The number of hydrogen-bond acceptors (Lipinski definition) is 4. The smallest absolute Gasteiger partial charge is 0.237 e. The molecular weight excluding hydrogens is 348 g/mol. The van der Waals surface area contributed by atoms with Crippen molar-refractivity contribution < 1.29 is 14.3 Å². The van der Waals surface area contributed by atoms with E-state index in [9.17, 15) is 9.59 Å². The number of amides is 2. The highest BCUT2D eigenvalue weighted by Crippen LogP contribution is 2.28. The fourth-order valence-corrected chi connectivity index (χ4v) is 3.17. The quantitative estimate of drug-likeness (QED) is 0.667. The Kier molecular flexibility index (Phi) is 7.53. The van der Waals surface area contributed by atoms with Gasteiger partial charge in [-0.05, 0) is 49.7 Å². The Balaban J connectivity index is 1.93. The number of anilines is 2. The van der Waals surface area contributed by atoms with Crippen molar-refractivity contribution in [2.75, 3.05) is 17.7 Å². The number of carbonyl (C=O) groups is 2. The fourth-order valence-electron chi connectivity index (χ4n) is 2.31. The molecule has 5 nitrogen and oxygen atoms in total. The lowest BCUT2D eigenvalue weighted by atomic mass is 10.3. The predicted octanol–water partition coefficient (Wildman–Crippen LogP) is 4.55. The highest BCUT2D eigenvalue weighted by atomic mass is 32.2. The second kappa shape index (κ2) is 9.87. The van der Waals surface area contributed by atoms with Crippen LogP contribution in [0.25, 0.3) is 0 Å². The standard InChI is InChI=1S/C20H24N2O3S/c1-4-7-19(23)21-15-10-12-16(13-11-15)26-14(2)20(24)22-17-8-5-6-9-18(17)25-3/h5-6,8-14H,4,7H2,1-3H3,(H,21,23)(H,22,24). The van der Waals surface area contributed by atoms with E-state index >= 15 is 0 Å². The molecule has 6 heteroatoms. The normalized spacial score (nSPS) is 11.5. The van der Waals surface area contributed by atoms with Crippen molar-refractivity contribution in [2.45, 2.75) is 36.8 Å². The molecule has 2 aromatic rings. The molecular formula is C20H24N2O3S. The van der Waals surface area contributed by atoms with Crippen LogP contribution in [-0.2, 0) is 9.59 Å². The number of hydrogen-bond donors (Lipinski definition) is 2. The van der Waals surface area contributed by atoms with Gasteiger partial charge in [0.2, 0.25) is 11.8 Å². The molecule has 0 spiro atoms. The first-order chi connectivity index (χ1) is 12.5. The zero-order valence-corrected chi connectivity index (χ0v) is 16.1. The molecule has 0 aliphatic rings. The van der Waals surface area contributed by atoms with E-state index in [1.165, 1.54) is 11.8 Å². The van der Waals surface area contributed by atoms with Gasteiger partial charge in [0.05, 0.1) is 18.0 Å². The van der Waals surface area contributed by atoms with Gasteiger partial charge in [-0.2, -0.15) is 0 Å². The molecule has 2 rings (SSSR count). The van der Waals surface area contributed by atoms with Gasteiger partial charge in [-0.25, -0.2) is 0 Å². The maximum absolute atomic E-state index is 12.4. The monoisotopic (exact) mass is 372 g/mol. The highest BCUT2D eigenvalue weighted by molar-refractivity contribution is 8.00. The summed E-state index contributed by atoms with van der Waals surface area (Å²) in [5, 5.41) is 5.46. The molecule has 0 heterocycles. The summed E-state index contributed by atoms with van der Waals surface area (Å²) in [5.74, 6) is 0.544. The Morgan fingerprint density at radius 3 is 2.42 bits per heavy atom. The minimum atomic E-state index is -0.277. The van der Waals surface area contributed by atoms with E-state index in [1.807, 2.05) is 56.3 Å². The van der Waals surface area contributed by atoms with E-state index in [2.05, 4.69) is 10.6 Å². The Morgan fingerprint density at radius 1 is 1.08 bits per heavy atom. The van der Waals surface area contributed by atoms with Gasteiger partial charge in [0.1, 0.15) is 5.75 Å². The Labute approximate surface area is 158 Å². The number of nitrogens with one attached hydrogen (secondary N) is 2. The van der Waals surface area contributed by atoms with Crippen LogP contribution < -0.4 is 15.4 Å². The molecule has 2 aromatic carbocycles. The van der Waals surface area contributed by atoms with Crippen molar-refractivity contribution in [1.29, 1.82) is 0 Å². The molecule has 2 N–H and O–H groups in total. The van der Waals surface area contributed by atoms with E-state index in [-0.39, 0.29) is 17.1 Å². The number of carbonyl (C=O) groups excluding carboxylic acids is 2. The summed E-state index contributed by atoms with van der Waals surface area (Å²) in [7, 11) is 1.57. The third-order valence-corrected chi connectivity index (χ3v) is 4.77. The molecule has 26 heavy (non-hydrogen) atoms. The number of methoxy groups -OCH3 is 1. The Hall–Kier alpha value is -2.47. The van der Waals surface area contributed by atoms with Crippen LogP contribution in [0.5, 0.6) is 5.75 Å². The van der Waals surface area contributed by atoms with Crippen molar-refractivity contribution in [3.8, 4) is 5.75 Å². The maximum Gasteiger partial charge on any atom is 0.237 e. The molecule has 0 radical (unpaired) electrons. The van der Waals surface area contributed by atoms with Crippen molar-refractivity contribution in [2.24, 2.45) is 0 Å². The third kappa shape index (κ3) is 5.81. The first-order valence-corrected chi connectivity index (χ1v) is 9.42. The molecule has 2 amide bonds. The molecule has 0 aliphatic carbocycles. The van der Waals surface area contributed by atoms with E-state index in [4.69, 9.17) is 4.74 Å². The van der Waals surface area contributed by atoms with Crippen molar-refractivity contribution >= 4 is 35.0 Å². The van der Waals surface area contributed by atoms with E-state index in [0.29, 0.717) is 17.9 Å². The Bertz CT molecular complexity index is 747. The first kappa shape index (κ1) is 19.8. The van der Waals surface area contributed by atoms with Crippen LogP contribution in [0.3, 0.4) is 0 Å². The zero-order valence-electron chi connectivity index (χ0n) is 15.2. The van der Waals surface area contributed by atoms with Gasteiger partial charge < -0.3 is 15.4 Å². The molecule has 138 valence electrons. The van der Waals surface area contributed by atoms with Gasteiger partial charge in [0.15, 0.2) is 0 Å². The number of ether oxygens (including phenoxy) is 1. The van der Waals surface area contributed by atoms with Crippen LogP contribution in [0.1, 0.15) is 26.7 Å². The van der Waals surface area contributed by atoms with Crippen molar-refractivity contribution in [3.63, 3.8) is 0 Å². The van der Waals surface area contributed by atoms with Crippen molar-refractivity contribution in [3.05, 3.63) is 48.5 Å². The van der Waals surface area contributed by atoms with Crippen LogP contribution in [0.2, 0.25) is 0 Å². The van der Waals surface area contributed by atoms with E-state index in [0.717, 1.165) is 17.0 Å². The molecule has 1 atom stereocenters. The van der Waals surface area contributed by atoms with Gasteiger partial charge in [-0.3, -0.25) is 9.59 Å². The number of para-hydroxylation sites is 2. The summed E-state index contributed by atoms with van der Waals surface area (Å²) in [6.45, 7) is 3.82. The van der Waals surface area contributed by atoms with Gasteiger partial charge >= 0.3 is 0 Å². The third-order valence-electron chi connectivity index (χ3n) is 3.66. The molecule has 0 fully saturated rings. The summed E-state index contributed by atoms with van der Waals surface area (Å²) in [6, 6.07) is 14.8. The lowest BCUT2D eigenvalue weighted by Gasteiger charge is -2.14. The fraction of sp³-hybridized carbons (Fsp3) is 0.300. The zero-order chi connectivity index (χ0) is 18.9. The number of rotatable bonds is 8. The average Bonchev–Trinajstić information content (AvgIpc) is 2.64. The summed E-state index contributed by atoms with van der Waals surface area (Å²) < 4.78 is 5.25. The number of thioether (sulfide) groups is 1. The summed E-state index contributed by atoms with van der Waals surface area (Å²) in [6.07, 6.45) is 1.33. The van der Waals surface area contributed by atoms with Crippen LogP contribution in [0.4, 0.5) is 11.4 Å². The molecule has 0 aromatic heterocycles. The second-order valence-corrected chi connectivity index (χ2v) is 7.19. The largest absolute Gasteiger partial charge is 0.495 e. The van der Waals surface area contributed by atoms with E-state index in [1.54, 1.807) is 13.2 Å². The average molecular weight is 372 g/mol. The molecule has 0 saturated heterocycles. The molecule has 1 unspecified atom stereocenters. The Morgan fingerprint density at radius 2 is 1.77 bits per heavy atom. The number of benzene rings is 2. The first-order valence-electron chi connectivity index (χ1n) is 8.54. The van der Waals surface area contributed by atoms with Crippen LogP contribution in [-0.4, -0.2) is 24.2 Å². The van der Waals surface area contributed by atoms with Crippen LogP contribution in [0, 0.1) is 0 Å². The SMILES string of the molecule is CCCC(=O)Nc1ccc(SC(C)C(=O)Nc2ccccc2OC)cc1. The van der Waals surface area contributed by atoms with Crippen LogP contribution in [0.15, 0.2) is 53.4 Å². The lowest BCUT2D eigenvalue weighted by molar-refractivity contribution is -0.116. The molecule has 0 aliphatic heterocycles. The summed E-state index contributed by atoms with van der Waals surface area (Å²) >= 11 is 1.46.